The predicted octanol–water partition coefficient (Wildman–Crippen LogP) is 3.72. The zero-order valence-electron chi connectivity index (χ0n) is 18.6. The van der Waals surface area contributed by atoms with E-state index in [1.807, 2.05) is 24.3 Å². The fourth-order valence-electron chi connectivity index (χ4n) is 4.57. The lowest BCUT2D eigenvalue weighted by Gasteiger charge is -2.26. The maximum absolute atomic E-state index is 13.4. The summed E-state index contributed by atoms with van der Waals surface area (Å²) in [4.78, 5) is 33.2. The second kappa shape index (κ2) is 9.87. The first-order valence-electron chi connectivity index (χ1n) is 11.3. The van der Waals surface area contributed by atoms with Crippen LogP contribution in [0.4, 0.5) is 0 Å². The molecule has 3 heterocycles. The standard InChI is InChI=1S/C24H27N3O4S2/c1-30-13-11-27-23(29)21-16-7-3-5-9-19(16)33-22(21)26-24(27)32-14-20(28)25-17-10-12-31-18-8-4-2-6-15(17)18/h2,4,6,8,17H,3,5,7,9-14H2,1H3,(H,25,28). The highest BCUT2D eigenvalue weighted by molar-refractivity contribution is 7.99. The third-order valence-corrected chi connectivity index (χ3v) is 8.35. The van der Waals surface area contributed by atoms with Crippen LogP contribution in [0.25, 0.3) is 10.2 Å². The van der Waals surface area contributed by atoms with Crippen molar-refractivity contribution in [2.75, 3.05) is 26.1 Å². The fourth-order valence-corrected chi connectivity index (χ4v) is 6.71. The molecule has 1 N–H and O–H groups in total. The number of carbonyl (C=O) groups excluding carboxylic acids is 1. The molecule has 0 bridgehead atoms. The quantitative estimate of drug-likeness (QED) is 0.406. The van der Waals surface area contributed by atoms with Crippen LogP contribution in [0.2, 0.25) is 0 Å². The predicted molar refractivity (Wildman–Crippen MR) is 131 cm³/mol. The summed E-state index contributed by atoms with van der Waals surface area (Å²) in [5.41, 5.74) is 2.16. The van der Waals surface area contributed by atoms with Crippen molar-refractivity contribution in [1.82, 2.24) is 14.9 Å². The van der Waals surface area contributed by atoms with Crippen molar-refractivity contribution in [1.29, 1.82) is 0 Å². The number of hydrogen-bond acceptors (Lipinski definition) is 7. The summed E-state index contributed by atoms with van der Waals surface area (Å²) < 4.78 is 12.6. The minimum Gasteiger partial charge on any atom is -0.493 e. The minimum absolute atomic E-state index is 0.0160. The number of rotatable bonds is 7. The Bertz CT molecular complexity index is 1240. The highest BCUT2D eigenvalue weighted by Gasteiger charge is 2.24. The van der Waals surface area contributed by atoms with Crippen molar-refractivity contribution in [3.8, 4) is 5.75 Å². The number of carbonyl (C=O) groups is 1. The molecule has 1 atom stereocenters. The van der Waals surface area contributed by atoms with E-state index >= 15 is 0 Å². The molecule has 1 aliphatic carbocycles. The summed E-state index contributed by atoms with van der Waals surface area (Å²) >= 11 is 2.94. The molecule has 0 saturated carbocycles. The van der Waals surface area contributed by atoms with E-state index in [2.05, 4.69) is 5.32 Å². The van der Waals surface area contributed by atoms with Gasteiger partial charge in [0.15, 0.2) is 5.16 Å². The molecule has 1 unspecified atom stereocenters. The number of thiophene rings is 1. The van der Waals surface area contributed by atoms with E-state index < -0.39 is 0 Å². The van der Waals surface area contributed by atoms with Gasteiger partial charge in [-0.2, -0.15) is 0 Å². The normalized spacial score (nSPS) is 17.3. The second-order valence-corrected chi connectivity index (χ2v) is 10.3. The lowest BCUT2D eigenvalue weighted by molar-refractivity contribution is -0.119. The third kappa shape index (κ3) is 4.54. The number of amides is 1. The molecule has 0 saturated heterocycles. The van der Waals surface area contributed by atoms with Crippen LogP contribution in [0.15, 0.2) is 34.2 Å². The highest BCUT2D eigenvalue weighted by Crippen LogP contribution is 2.35. The summed E-state index contributed by atoms with van der Waals surface area (Å²) in [5.74, 6) is 0.930. The zero-order chi connectivity index (χ0) is 22.8. The van der Waals surface area contributed by atoms with E-state index in [0.717, 1.165) is 53.6 Å². The van der Waals surface area contributed by atoms with E-state index in [4.69, 9.17) is 14.5 Å². The topological polar surface area (TPSA) is 82.4 Å². The average Bonchev–Trinajstić information content (AvgIpc) is 3.21. The van der Waals surface area contributed by atoms with Crippen LogP contribution in [0, 0.1) is 0 Å². The average molecular weight is 486 g/mol. The number of benzene rings is 1. The van der Waals surface area contributed by atoms with E-state index in [-0.39, 0.29) is 23.3 Å². The zero-order valence-corrected chi connectivity index (χ0v) is 20.2. The Morgan fingerprint density at radius 1 is 1.33 bits per heavy atom. The molecule has 33 heavy (non-hydrogen) atoms. The van der Waals surface area contributed by atoms with E-state index in [1.54, 1.807) is 23.0 Å². The smallest absolute Gasteiger partial charge is 0.263 e. The molecule has 1 aliphatic heterocycles. The number of ether oxygens (including phenoxy) is 2. The molecule has 0 spiro atoms. The Morgan fingerprint density at radius 3 is 3.06 bits per heavy atom. The van der Waals surface area contributed by atoms with E-state index in [1.165, 1.54) is 22.2 Å². The first-order valence-corrected chi connectivity index (χ1v) is 13.1. The van der Waals surface area contributed by atoms with E-state index in [9.17, 15) is 9.59 Å². The van der Waals surface area contributed by atoms with Gasteiger partial charge in [0.2, 0.25) is 5.91 Å². The molecule has 1 amide bonds. The Kier molecular flexibility index (Phi) is 6.71. The van der Waals surface area contributed by atoms with Gasteiger partial charge >= 0.3 is 0 Å². The lowest BCUT2D eigenvalue weighted by Crippen LogP contribution is -2.33. The number of nitrogens with zero attached hydrogens (tertiary/aromatic N) is 2. The summed E-state index contributed by atoms with van der Waals surface area (Å²) in [5, 5.41) is 4.46. The van der Waals surface area contributed by atoms with Gasteiger partial charge in [-0.3, -0.25) is 14.2 Å². The van der Waals surface area contributed by atoms with Gasteiger partial charge in [0, 0.05) is 24.0 Å². The monoisotopic (exact) mass is 485 g/mol. The van der Waals surface area contributed by atoms with Gasteiger partial charge < -0.3 is 14.8 Å². The van der Waals surface area contributed by atoms with Crippen LogP contribution in [0.1, 0.15) is 41.3 Å². The molecule has 2 aliphatic rings. The van der Waals surface area contributed by atoms with Gasteiger partial charge in [-0.05, 0) is 37.3 Å². The first-order chi connectivity index (χ1) is 16.2. The summed E-state index contributed by atoms with van der Waals surface area (Å²) in [6.45, 7) is 1.41. The Hall–Kier alpha value is -2.36. The molecule has 2 aromatic heterocycles. The van der Waals surface area contributed by atoms with Crippen molar-refractivity contribution in [3.63, 3.8) is 0 Å². The summed E-state index contributed by atoms with van der Waals surface area (Å²) in [6.07, 6.45) is 4.97. The summed E-state index contributed by atoms with van der Waals surface area (Å²) in [6, 6.07) is 7.73. The Balaban J connectivity index is 1.37. The van der Waals surface area contributed by atoms with Crippen LogP contribution in [0.5, 0.6) is 5.75 Å². The fraction of sp³-hybridized carbons (Fsp3) is 0.458. The number of nitrogens with one attached hydrogen (secondary N) is 1. The molecule has 0 fully saturated rings. The van der Waals surface area contributed by atoms with E-state index in [0.29, 0.717) is 24.9 Å². The number of aromatic nitrogens is 2. The van der Waals surface area contributed by atoms with Crippen LogP contribution < -0.4 is 15.6 Å². The molecule has 5 rings (SSSR count). The SMILES string of the molecule is COCCn1c(SCC(=O)NC2CCOc3ccccc32)nc2sc3c(c2c1=O)CCCC3. The second-order valence-electron chi connectivity index (χ2n) is 8.32. The van der Waals surface area contributed by atoms with Crippen LogP contribution in [-0.4, -0.2) is 41.5 Å². The van der Waals surface area contributed by atoms with Gasteiger partial charge in [0.05, 0.1) is 36.9 Å². The van der Waals surface area contributed by atoms with Gasteiger partial charge in [0.1, 0.15) is 10.6 Å². The van der Waals surface area contributed by atoms with Crippen molar-refractivity contribution < 1.29 is 14.3 Å². The van der Waals surface area contributed by atoms with Gasteiger partial charge in [-0.25, -0.2) is 4.98 Å². The van der Waals surface area contributed by atoms with Crippen LogP contribution >= 0.6 is 23.1 Å². The number of hydrogen-bond donors (Lipinski definition) is 1. The molecule has 3 aromatic rings. The number of thioether (sulfide) groups is 1. The number of methoxy groups -OCH3 is 1. The number of aryl methyl sites for hydroxylation is 2. The Labute approximate surface area is 200 Å². The molecule has 1 aromatic carbocycles. The molecular weight excluding hydrogens is 458 g/mol. The minimum atomic E-state index is -0.0835. The lowest BCUT2D eigenvalue weighted by atomic mass is 9.97. The third-order valence-electron chi connectivity index (χ3n) is 6.18. The van der Waals surface area contributed by atoms with Gasteiger partial charge in [-0.15, -0.1) is 11.3 Å². The van der Waals surface area contributed by atoms with Crippen molar-refractivity contribution >= 4 is 39.2 Å². The number of para-hydroxylation sites is 1. The molecule has 7 nitrogen and oxygen atoms in total. The van der Waals surface area contributed by atoms with Gasteiger partial charge in [0.25, 0.3) is 5.56 Å². The largest absolute Gasteiger partial charge is 0.493 e. The molecule has 174 valence electrons. The van der Waals surface area contributed by atoms with Crippen molar-refractivity contribution in [2.24, 2.45) is 0 Å². The van der Waals surface area contributed by atoms with Crippen molar-refractivity contribution in [3.05, 3.63) is 50.6 Å². The van der Waals surface area contributed by atoms with Crippen molar-refractivity contribution in [2.45, 2.75) is 49.8 Å². The maximum Gasteiger partial charge on any atom is 0.263 e. The molecular formula is C24H27N3O4S2. The number of fused-ring (bicyclic) bond motifs is 4. The molecule has 0 radical (unpaired) electrons. The van der Waals surface area contributed by atoms with Gasteiger partial charge in [-0.1, -0.05) is 30.0 Å². The molecule has 9 heteroatoms. The van der Waals surface area contributed by atoms with Crippen LogP contribution in [-0.2, 0) is 28.9 Å². The maximum atomic E-state index is 13.4. The first kappa shape index (κ1) is 22.4. The highest BCUT2D eigenvalue weighted by atomic mass is 32.2. The summed E-state index contributed by atoms with van der Waals surface area (Å²) in [7, 11) is 1.62. The Morgan fingerprint density at radius 2 is 2.18 bits per heavy atom. The van der Waals surface area contributed by atoms with Crippen LogP contribution in [0.3, 0.4) is 0 Å².